The van der Waals surface area contributed by atoms with Gasteiger partial charge in [-0.25, -0.2) is 0 Å². The van der Waals surface area contributed by atoms with Crippen molar-refractivity contribution in [3.63, 3.8) is 0 Å². The van der Waals surface area contributed by atoms with Crippen molar-refractivity contribution in [3.05, 3.63) is 52.7 Å². The first-order valence-corrected chi connectivity index (χ1v) is 11.0. The van der Waals surface area contributed by atoms with Gasteiger partial charge in [0.15, 0.2) is 0 Å². The number of rotatable bonds is 1. The molecule has 3 saturated carbocycles. The average molecular weight is 341 g/mol. The maximum Gasteiger partial charge on any atom is 0.0705 e. The van der Waals surface area contributed by atoms with Crippen LogP contribution in [-0.2, 0) is 0 Å². The van der Waals surface area contributed by atoms with E-state index in [9.17, 15) is 0 Å². The zero-order valence-corrected chi connectivity index (χ0v) is 15.5. The molecule has 26 heavy (non-hydrogen) atoms. The van der Waals surface area contributed by atoms with E-state index in [-0.39, 0.29) is 0 Å². The van der Waals surface area contributed by atoms with Gasteiger partial charge in [-0.2, -0.15) is 0 Å². The second-order valence-corrected chi connectivity index (χ2v) is 10.1. The highest BCUT2D eigenvalue weighted by Gasteiger charge is 2.42. The van der Waals surface area contributed by atoms with Crippen LogP contribution in [0.3, 0.4) is 0 Å². The van der Waals surface area contributed by atoms with Crippen LogP contribution in [0.4, 0.5) is 0 Å². The van der Waals surface area contributed by atoms with Gasteiger partial charge in [0, 0.05) is 11.8 Å². The van der Waals surface area contributed by atoms with Crippen molar-refractivity contribution in [2.24, 2.45) is 11.8 Å². The van der Waals surface area contributed by atoms with Crippen LogP contribution in [0, 0.1) is 11.8 Å². The predicted octanol–water partition coefficient (Wildman–Crippen LogP) is 6.50. The molecular weight excluding hydrogens is 314 g/mol. The fourth-order valence-corrected chi connectivity index (χ4v) is 7.70. The van der Waals surface area contributed by atoms with Crippen LogP contribution < -0.4 is 0 Å². The minimum Gasteiger partial charge on any atom is -0.256 e. The summed E-state index contributed by atoms with van der Waals surface area (Å²) in [6.45, 7) is 0. The summed E-state index contributed by atoms with van der Waals surface area (Å²) in [5.74, 6) is 5.31. The van der Waals surface area contributed by atoms with E-state index < -0.39 is 0 Å². The lowest BCUT2D eigenvalue weighted by Gasteiger charge is -2.38. The fourth-order valence-electron chi connectivity index (χ4n) is 7.70. The zero-order valence-electron chi connectivity index (χ0n) is 15.5. The first kappa shape index (κ1) is 14.4. The number of hydrogen-bond acceptors (Lipinski definition) is 1. The molecule has 1 aromatic carbocycles. The van der Waals surface area contributed by atoms with Crippen molar-refractivity contribution >= 4 is 0 Å². The summed E-state index contributed by atoms with van der Waals surface area (Å²) in [5, 5.41) is 0. The molecule has 3 fully saturated rings. The van der Waals surface area contributed by atoms with E-state index in [0.29, 0.717) is 0 Å². The summed E-state index contributed by atoms with van der Waals surface area (Å²) in [6.07, 6.45) is 13.7. The molecule has 1 heteroatoms. The molecule has 0 aliphatic heterocycles. The molecule has 0 N–H and O–H groups in total. The molecule has 8 rings (SSSR count). The third-order valence-electron chi connectivity index (χ3n) is 8.68. The summed E-state index contributed by atoms with van der Waals surface area (Å²) < 4.78 is 0. The quantitative estimate of drug-likeness (QED) is 0.576. The number of hydrogen-bond donors (Lipinski definition) is 0. The highest BCUT2D eigenvalue weighted by Crippen LogP contribution is 2.57. The molecule has 4 unspecified atom stereocenters. The van der Waals surface area contributed by atoms with Crippen LogP contribution in [0.2, 0.25) is 0 Å². The molecule has 2 aromatic rings. The Labute approximate surface area is 156 Å². The molecule has 0 amide bonds. The third kappa shape index (κ3) is 1.90. The van der Waals surface area contributed by atoms with Crippen LogP contribution in [0.25, 0.3) is 11.3 Å². The lowest BCUT2D eigenvalue weighted by Crippen LogP contribution is -2.25. The van der Waals surface area contributed by atoms with Gasteiger partial charge in [-0.3, -0.25) is 4.98 Å². The SMILES string of the molecule is c1cc2c(cc1-c1cc3c(cn1)C1CCC3C1)C1CC3CC(CC2C3)C1. The van der Waals surface area contributed by atoms with Crippen LogP contribution >= 0.6 is 0 Å². The standard InChI is InChI=1S/C25H27N/c1-2-17-10-16(1)23-12-25(26-13-24(17)23)18-3-4-21-19-6-14-5-15(7-19)9-20(8-14)22(21)11-18/h3-4,11-17,19-20H,1-2,5-10H2. The lowest BCUT2D eigenvalue weighted by atomic mass is 9.67. The van der Waals surface area contributed by atoms with Crippen molar-refractivity contribution in [3.8, 4) is 11.3 Å². The van der Waals surface area contributed by atoms with Crippen LogP contribution in [-0.4, -0.2) is 4.98 Å². The normalized spacial score (nSPS) is 38.3. The molecule has 0 radical (unpaired) electrons. The van der Waals surface area contributed by atoms with E-state index in [1.54, 1.807) is 22.3 Å². The summed E-state index contributed by atoms with van der Waals surface area (Å²) in [7, 11) is 0. The Morgan fingerprint density at radius 2 is 1.31 bits per heavy atom. The highest BCUT2D eigenvalue weighted by molar-refractivity contribution is 5.64. The minimum absolute atomic E-state index is 0.814. The van der Waals surface area contributed by atoms with Crippen molar-refractivity contribution in [2.75, 3.05) is 0 Å². The number of nitrogens with zero attached hydrogens (tertiary/aromatic N) is 1. The summed E-state index contributed by atoms with van der Waals surface area (Å²) in [4.78, 5) is 4.92. The molecule has 0 spiro atoms. The van der Waals surface area contributed by atoms with E-state index in [0.717, 1.165) is 35.5 Å². The van der Waals surface area contributed by atoms with Gasteiger partial charge in [0.2, 0.25) is 0 Å². The van der Waals surface area contributed by atoms with E-state index in [4.69, 9.17) is 4.98 Å². The van der Waals surface area contributed by atoms with E-state index in [2.05, 4.69) is 30.5 Å². The Hall–Kier alpha value is -1.63. The van der Waals surface area contributed by atoms with Crippen molar-refractivity contribution in [1.82, 2.24) is 4.98 Å². The number of benzene rings is 1. The second kappa shape index (κ2) is 5.00. The largest absolute Gasteiger partial charge is 0.256 e. The van der Waals surface area contributed by atoms with Crippen molar-refractivity contribution in [1.29, 1.82) is 0 Å². The van der Waals surface area contributed by atoms with Gasteiger partial charge >= 0.3 is 0 Å². The van der Waals surface area contributed by atoms with Gasteiger partial charge in [0.1, 0.15) is 0 Å². The van der Waals surface area contributed by atoms with Crippen molar-refractivity contribution < 1.29 is 0 Å². The maximum absolute atomic E-state index is 4.92. The zero-order chi connectivity index (χ0) is 16.8. The van der Waals surface area contributed by atoms with Crippen LogP contribution in [0.15, 0.2) is 30.5 Å². The number of pyridine rings is 1. The highest BCUT2D eigenvalue weighted by atomic mass is 14.7. The van der Waals surface area contributed by atoms with Crippen LogP contribution in [0.1, 0.15) is 97.3 Å². The van der Waals surface area contributed by atoms with Crippen molar-refractivity contribution in [2.45, 2.75) is 75.0 Å². The molecule has 6 bridgehead atoms. The molecule has 1 heterocycles. The first-order valence-electron chi connectivity index (χ1n) is 11.0. The smallest absolute Gasteiger partial charge is 0.0705 e. The average Bonchev–Trinajstić information content (AvgIpc) is 3.24. The Balaban J connectivity index is 1.33. The number of fused-ring (bicyclic) bond motifs is 5. The molecule has 6 aliphatic carbocycles. The van der Waals surface area contributed by atoms with Gasteiger partial charge in [-0.15, -0.1) is 0 Å². The van der Waals surface area contributed by atoms with Gasteiger partial charge in [-0.1, -0.05) is 12.1 Å². The Bertz CT molecular complexity index is 898. The molecule has 6 aliphatic rings. The Kier molecular flexibility index (Phi) is 2.77. The van der Waals surface area contributed by atoms with Crippen LogP contribution in [0.5, 0.6) is 0 Å². The van der Waals surface area contributed by atoms with Gasteiger partial charge in [-0.05, 0) is 121 Å². The van der Waals surface area contributed by atoms with Gasteiger partial charge in [0.25, 0.3) is 0 Å². The minimum atomic E-state index is 0.814. The monoisotopic (exact) mass is 341 g/mol. The summed E-state index contributed by atoms with van der Waals surface area (Å²) >= 11 is 0. The summed E-state index contributed by atoms with van der Waals surface area (Å²) in [5.41, 5.74) is 9.18. The third-order valence-corrected chi connectivity index (χ3v) is 8.68. The molecule has 1 nitrogen and oxygen atoms in total. The van der Waals surface area contributed by atoms with E-state index in [1.807, 2.05) is 0 Å². The Morgan fingerprint density at radius 3 is 2.12 bits per heavy atom. The topological polar surface area (TPSA) is 12.9 Å². The molecule has 1 aromatic heterocycles. The Morgan fingerprint density at radius 1 is 0.615 bits per heavy atom. The molecular formula is C25H27N. The lowest BCUT2D eigenvalue weighted by molar-refractivity contribution is 0.166. The maximum atomic E-state index is 4.92. The first-order chi connectivity index (χ1) is 12.8. The van der Waals surface area contributed by atoms with E-state index in [1.165, 1.54) is 62.6 Å². The van der Waals surface area contributed by atoms with Gasteiger partial charge < -0.3 is 0 Å². The predicted molar refractivity (Wildman–Crippen MR) is 105 cm³/mol. The summed E-state index contributed by atoms with van der Waals surface area (Å²) in [6, 6.07) is 9.86. The van der Waals surface area contributed by atoms with Gasteiger partial charge in [0.05, 0.1) is 5.69 Å². The molecule has 0 saturated heterocycles. The molecule has 132 valence electrons. The van der Waals surface area contributed by atoms with E-state index >= 15 is 0 Å². The fraction of sp³-hybridized carbons (Fsp3) is 0.560. The second-order valence-electron chi connectivity index (χ2n) is 10.1. The number of aromatic nitrogens is 1. The molecule has 4 atom stereocenters.